The van der Waals surface area contributed by atoms with E-state index in [0.717, 1.165) is 16.7 Å². The van der Waals surface area contributed by atoms with Crippen molar-refractivity contribution in [2.24, 2.45) is 17.3 Å². The molecule has 9 heteroatoms. The average molecular weight is 561 g/mol. The smallest absolute Gasteiger partial charge is 0.227 e. The Balaban J connectivity index is 1.59. The molecule has 1 aliphatic carbocycles. The Morgan fingerprint density at radius 2 is 1.79 bits per heavy atom. The minimum absolute atomic E-state index is 0.0128. The van der Waals surface area contributed by atoms with Gasteiger partial charge >= 0.3 is 0 Å². The number of sulfone groups is 1. The molecule has 34 heavy (non-hydrogen) atoms. The molecule has 0 spiro atoms. The van der Waals surface area contributed by atoms with E-state index in [4.69, 9.17) is 46.4 Å². The number of allylic oxidation sites excluding steroid dienone is 1. The third-order valence-corrected chi connectivity index (χ3v) is 9.51. The number of hydrogen-bond donors (Lipinski definition) is 0. The van der Waals surface area contributed by atoms with Crippen molar-refractivity contribution in [3.8, 4) is 11.1 Å². The van der Waals surface area contributed by atoms with Crippen LogP contribution in [-0.4, -0.2) is 36.8 Å². The summed E-state index contributed by atoms with van der Waals surface area (Å²) in [6.07, 6.45) is 2.15. The molecule has 4 rings (SSSR count). The normalized spacial score (nSPS) is 24.5. The summed E-state index contributed by atoms with van der Waals surface area (Å²) in [5.74, 6) is -0.357. The van der Waals surface area contributed by atoms with Gasteiger partial charge in [0.1, 0.15) is 4.49 Å². The van der Waals surface area contributed by atoms with Gasteiger partial charge in [-0.3, -0.25) is 4.79 Å². The third kappa shape index (κ3) is 5.44. The van der Waals surface area contributed by atoms with Crippen molar-refractivity contribution in [3.63, 3.8) is 0 Å². The highest BCUT2D eigenvalue weighted by Gasteiger charge is 2.62. The Morgan fingerprint density at radius 1 is 1.12 bits per heavy atom. The molecule has 1 heterocycles. The quantitative estimate of drug-likeness (QED) is 0.392. The molecule has 0 N–H and O–H groups in total. The SMILES string of the molecule is CC1(C)C(C=C(Cl)Cl)C1C(=O)N(Cc1ccc(-c2ccc(Cl)cc2Cl)cc1)C1CCS(=O)(=O)C1. The largest absolute Gasteiger partial charge is 0.334 e. The third-order valence-electron chi connectivity index (χ3n) is 6.96. The zero-order chi connectivity index (χ0) is 24.8. The molecule has 3 unspecified atom stereocenters. The second-order valence-electron chi connectivity index (χ2n) is 9.63. The molecule has 0 radical (unpaired) electrons. The van der Waals surface area contributed by atoms with Gasteiger partial charge in [0.2, 0.25) is 5.91 Å². The highest BCUT2D eigenvalue weighted by atomic mass is 35.5. The van der Waals surface area contributed by atoms with E-state index in [1.807, 2.05) is 44.2 Å². The summed E-state index contributed by atoms with van der Waals surface area (Å²) < 4.78 is 24.5. The summed E-state index contributed by atoms with van der Waals surface area (Å²) in [7, 11) is -3.16. The lowest BCUT2D eigenvalue weighted by molar-refractivity contribution is -0.136. The van der Waals surface area contributed by atoms with Crippen LogP contribution < -0.4 is 0 Å². The van der Waals surface area contributed by atoms with Crippen molar-refractivity contribution >= 4 is 62.1 Å². The molecule has 4 nitrogen and oxygen atoms in total. The van der Waals surface area contributed by atoms with Gasteiger partial charge in [0.15, 0.2) is 9.84 Å². The topological polar surface area (TPSA) is 54.5 Å². The lowest BCUT2D eigenvalue weighted by Crippen LogP contribution is -2.42. The van der Waals surface area contributed by atoms with E-state index in [1.54, 1.807) is 23.1 Å². The summed E-state index contributed by atoms with van der Waals surface area (Å²) in [5, 5.41) is 1.12. The summed E-state index contributed by atoms with van der Waals surface area (Å²) in [6, 6.07) is 12.8. The van der Waals surface area contributed by atoms with Gasteiger partial charge in [-0.1, -0.05) is 90.6 Å². The molecule has 1 saturated carbocycles. The fourth-order valence-corrected chi connectivity index (χ4v) is 7.41. The van der Waals surface area contributed by atoms with E-state index in [-0.39, 0.29) is 45.2 Å². The maximum absolute atomic E-state index is 13.7. The maximum Gasteiger partial charge on any atom is 0.227 e. The van der Waals surface area contributed by atoms with Gasteiger partial charge in [-0.2, -0.15) is 0 Å². The summed E-state index contributed by atoms with van der Waals surface area (Å²) in [6.45, 7) is 4.33. The van der Waals surface area contributed by atoms with Crippen molar-refractivity contribution in [3.05, 3.63) is 68.6 Å². The molecule has 182 valence electrons. The average Bonchev–Trinajstić information content (AvgIpc) is 3.07. The minimum Gasteiger partial charge on any atom is -0.334 e. The lowest BCUT2D eigenvalue weighted by atomic mass is 10.0. The first kappa shape index (κ1) is 25.8. The second kappa shape index (κ2) is 9.67. The van der Waals surface area contributed by atoms with Crippen LogP contribution in [0.4, 0.5) is 0 Å². The predicted molar refractivity (Wildman–Crippen MR) is 140 cm³/mol. The standard InChI is InChI=1S/C25H25Cl4NO3S/c1-25(2)20(12-22(28)29)23(25)24(31)30(18-9-10-34(32,33)14-18)13-15-3-5-16(6-4-15)19-8-7-17(26)11-21(19)27/h3-8,11-12,18,20,23H,9-10,13-14H2,1-2H3. The van der Waals surface area contributed by atoms with E-state index in [2.05, 4.69) is 0 Å². The van der Waals surface area contributed by atoms with Crippen LogP contribution in [0.2, 0.25) is 10.0 Å². The van der Waals surface area contributed by atoms with Crippen molar-refractivity contribution in [2.75, 3.05) is 11.5 Å². The summed E-state index contributed by atoms with van der Waals surface area (Å²) in [4.78, 5) is 15.4. The van der Waals surface area contributed by atoms with Gasteiger partial charge < -0.3 is 4.90 Å². The fraction of sp³-hybridized carbons (Fsp3) is 0.400. The zero-order valence-corrected chi connectivity index (χ0v) is 22.6. The number of benzene rings is 2. The van der Waals surface area contributed by atoms with E-state index in [9.17, 15) is 13.2 Å². The molecule has 2 fully saturated rings. The van der Waals surface area contributed by atoms with Crippen LogP contribution in [0, 0.1) is 17.3 Å². The van der Waals surface area contributed by atoms with Gasteiger partial charge in [0.05, 0.1) is 17.4 Å². The molecule has 2 aromatic carbocycles. The fourth-order valence-electron chi connectivity index (χ4n) is 4.89. The van der Waals surface area contributed by atoms with Crippen LogP contribution in [0.5, 0.6) is 0 Å². The number of carbonyl (C=O) groups is 1. The molecule has 2 aromatic rings. The Hall–Kier alpha value is -1.24. The van der Waals surface area contributed by atoms with Crippen LogP contribution in [0.25, 0.3) is 11.1 Å². The van der Waals surface area contributed by atoms with Crippen LogP contribution in [0.15, 0.2) is 53.0 Å². The van der Waals surface area contributed by atoms with Crippen LogP contribution in [0.1, 0.15) is 25.8 Å². The first-order valence-electron chi connectivity index (χ1n) is 11.0. The molecule has 2 aliphatic rings. The first-order valence-corrected chi connectivity index (χ1v) is 14.3. The van der Waals surface area contributed by atoms with Crippen LogP contribution in [-0.2, 0) is 21.2 Å². The Kier molecular flexibility index (Phi) is 7.35. The number of halogens is 4. The first-order chi connectivity index (χ1) is 15.9. The zero-order valence-electron chi connectivity index (χ0n) is 18.8. The number of rotatable bonds is 6. The Labute approximate surface area is 220 Å². The number of amides is 1. The maximum atomic E-state index is 13.7. The summed E-state index contributed by atoms with van der Waals surface area (Å²) >= 11 is 24.1. The predicted octanol–water partition coefficient (Wildman–Crippen LogP) is 6.77. The molecule has 1 aliphatic heterocycles. The van der Waals surface area contributed by atoms with Gasteiger partial charge in [0, 0.05) is 28.2 Å². The highest BCUT2D eigenvalue weighted by Crippen LogP contribution is 2.60. The molecule has 3 atom stereocenters. The van der Waals surface area contributed by atoms with Crippen LogP contribution >= 0.6 is 46.4 Å². The van der Waals surface area contributed by atoms with Crippen LogP contribution in [0.3, 0.4) is 0 Å². The minimum atomic E-state index is -3.16. The van der Waals surface area contributed by atoms with E-state index >= 15 is 0 Å². The number of hydrogen-bond acceptors (Lipinski definition) is 3. The molecular weight excluding hydrogens is 536 g/mol. The number of nitrogens with zero attached hydrogens (tertiary/aromatic N) is 1. The van der Waals surface area contributed by atoms with E-state index in [0.29, 0.717) is 23.0 Å². The van der Waals surface area contributed by atoms with Crippen molar-refractivity contribution < 1.29 is 13.2 Å². The lowest BCUT2D eigenvalue weighted by Gasteiger charge is -2.29. The van der Waals surface area contributed by atoms with Gasteiger partial charge in [-0.05, 0) is 47.1 Å². The summed E-state index contributed by atoms with van der Waals surface area (Å²) in [5.41, 5.74) is 2.40. The second-order valence-corrected chi connectivity index (χ2v) is 13.7. The van der Waals surface area contributed by atoms with Crippen molar-refractivity contribution in [2.45, 2.75) is 32.9 Å². The number of carbonyl (C=O) groups excluding carboxylic acids is 1. The monoisotopic (exact) mass is 559 g/mol. The van der Waals surface area contributed by atoms with Gasteiger partial charge in [0.25, 0.3) is 0 Å². The highest BCUT2D eigenvalue weighted by molar-refractivity contribution is 7.91. The van der Waals surface area contributed by atoms with E-state index < -0.39 is 9.84 Å². The molecular formula is C25H25Cl4NO3S. The Bertz CT molecular complexity index is 1240. The van der Waals surface area contributed by atoms with E-state index in [1.165, 1.54) is 0 Å². The molecule has 1 saturated heterocycles. The Morgan fingerprint density at radius 3 is 2.35 bits per heavy atom. The van der Waals surface area contributed by atoms with Crippen molar-refractivity contribution in [1.29, 1.82) is 0 Å². The molecule has 0 bridgehead atoms. The molecule has 0 aromatic heterocycles. The van der Waals surface area contributed by atoms with Gasteiger partial charge in [-0.15, -0.1) is 0 Å². The molecule has 1 amide bonds. The van der Waals surface area contributed by atoms with Gasteiger partial charge in [-0.25, -0.2) is 8.42 Å². The van der Waals surface area contributed by atoms with Crippen molar-refractivity contribution in [1.82, 2.24) is 4.90 Å².